The Kier molecular flexibility index (Phi) is 1.80. The van der Waals surface area contributed by atoms with Gasteiger partial charge in [0.1, 0.15) is 0 Å². The van der Waals surface area contributed by atoms with Crippen molar-refractivity contribution in [2.45, 2.75) is 6.92 Å². The summed E-state index contributed by atoms with van der Waals surface area (Å²) < 4.78 is 0. The van der Waals surface area contributed by atoms with Crippen LogP contribution in [-0.2, 0) is 0 Å². The van der Waals surface area contributed by atoms with E-state index in [1.165, 1.54) is 14.6 Å². The first kappa shape index (κ1) is 7.07. The molecule has 2 heterocycles. The molecule has 0 atom stereocenters. The highest BCUT2D eigenvalue weighted by atomic mass is 32.1. The first-order valence-electron chi connectivity index (χ1n) is 3.46. The maximum absolute atomic E-state index is 2.19. The lowest BCUT2D eigenvalue weighted by atomic mass is 10.4. The second kappa shape index (κ2) is 2.80. The molecular formula is C9H8S2. The molecule has 11 heavy (non-hydrogen) atoms. The molecule has 2 aromatic heterocycles. The van der Waals surface area contributed by atoms with Crippen molar-refractivity contribution in [2.75, 3.05) is 0 Å². The first-order valence-corrected chi connectivity index (χ1v) is 5.16. The van der Waals surface area contributed by atoms with Crippen LogP contribution < -0.4 is 0 Å². The highest BCUT2D eigenvalue weighted by Gasteiger charge is 1.99. The van der Waals surface area contributed by atoms with Gasteiger partial charge in [-0.3, -0.25) is 0 Å². The molecule has 0 nitrogen and oxygen atoms in total. The van der Waals surface area contributed by atoms with Gasteiger partial charge in [-0.05, 0) is 30.5 Å². The van der Waals surface area contributed by atoms with Crippen molar-refractivity contribution in [1.82, 2.24) is 0 Å². The standard InChI is InChI=1S/C9H8S2/c1-7-4-5-9(11-7)8-3-2-6-10-8/h2-6H,1H3. The predicted molar refractivity (Wildman–Crippen MR) is 52.4 cm³/mol. The minimum Gasteiger partial charge on any atom is -0.143 e. The normalized spacial score (nSPS) is 10.3. The number of aryl methyl sites for hydroxylation is 1. The maximum atomic E-state index is 2.19. The maximum Gasteiger partial charge on any atom is 0.0445 e. The van der Waals surface area contributed by atoms with Gasteiger partial charge >= 0.3 is 0 Å². The zero-order chi connectivity index (χ0) is 7.68. The second-order valence-corrected chi connectivity index (χ2v) is 4.62. The Hall–Kier alpha value is -0.600. The van der Waals surface area contributed by atoms with Gasteiger partial charge in [-0.2, -0.15) is 0 Å². The zero-order valence-corrected chi connectivity index (χ0v) is 7.84. The van der Waals surface area contributed by atoms with Crippen molar-refractivity contribution in [1.29, 1.82) is 0 Å². The van der Waals surface area contributed by atoms with Crippen LogP contribution >= 0.6 is 22.7 Å². The topological polar surface area (TPSA) is 0 Å². The van der Waals surface area contributed by atoms with Crippen molar-refractivity contribution in [3.05, 3.63) is 34.5 Å². The molecule has 0 radical (unpaired) electrons. The van der Waals surface area contributed by atoms with Crippen LogP contribution in [0.3, 0.4) is 0 Å². The Balaban J connectivity index is 2.45. The van der Waals surface area contributed by atoms with Crippen molar-refractivity contribution in [2.24, 2.45) is 0 Å². The molecule has 0 aromatic carbocycles. The number of thiophene rings is 2. The van der Waals surface area contributed by atoms with E-state index in [-0.39, 0.29) is 0 Å². The molecule has 0 saturated heterocycles. The second-order valence-electron chi connectivity index (χ2n) is 2.39. The Morgan fingerprint density at radius 1 is 1.09 bits per heavy atom. The average Bonchev–Trinajstić information content (AvgIpc) is 2.55. The lowest BCUT2D eigenvalue weighted by Crippen LogP contribution is -1.55. The van der Waals surface area contributed by atoms with Gasteiger partial charge in [0.2, 0.25) is 0 Å². The van der Waals surface area contributed by atoms with E-state index in [1.807, 2.05) is 11.3 Å². The molecule has 0 N–H and O–H groups in total. The zero-order valence-electron chi connectivity index (χ0n) is 6.20. The molecule has 0 aliphatic heterocycles. The Bertz CT molecular complexity index is 330. The molecule has 0 spiro atoms. The molecule has 0 amide bonds. The van der Waals surface area contributed by atoms with Gasteiger partial charge in [0.25, 0.3) is 0 Å². The van der Waals surface area contributed by atoms with Gasteiger partial charge < -0.3 is 0 Å². The van der Waals surface area contributed by atoms with Crippen molar-refractivity contribution < 1.29 is 0 Å². The van der Waals surface area contributed by atoms with E-state index >= 15 is 0 Å². The lowest BCUT2D eigenvalue weighted by molar-refractivity contribution is 1.64. The van der Waals surface area contributed by atoms with Crippen molar-refractivity contribution in [3.63, 3.8) is 0 Å². The minimum absolute atomic E-state index is 1.38. The van der Waals surface area contributed by atoms with Gasteiger partial charge in [-0.25, -0.2) is 0 Å². The third-order valence-corrected chi connectivity index (χ3v) is 3.57. The SMILES string of the molecule is Cc1ccc(-c2cccs2)s1. The summed E-state index contributed by atoms with van der Waals surface area (Å²) in [6, 6.07) is 8.61. The van der Waals surface area contributed by atoms with Crippen molar-refractivity contribution >= 4 is 22.7 Å². The molecule has 2 rings (SSSR count). The van der Waals surface area contributed by atoms with E-state index in [0.29, 0.717) is 0 Å². The largest absolute Gasteiger partial charge is 0.143 e. The van der Waals surface area contributed by atoms with Gasteiger partial charge in [-0.1, -0.05) is 6.07 Å². The van der Waals surface area contributed by atoms with Crippen LogP contribution in [0, 0.1) is 6.92 Å². The summed E-state index contributed by atoms with van der Waals surface area (Å²) in [6.07, 6.45) is 0. The van der Waals surface area contributed by atoms with E-state index in [4.69, 9.17) is 0 Å². The summed E-state index contributed by atoms with van der Waals surface area (Å²) >= 11 is 3.66. The summed E-state index contributed by atoms with van der Waals surface area (Å²) in [5.74, 6) is 0. The van der Waals surface area contributed by atoms with E-state index in [0.717, 1.165) is 0 Å². The lowest BCUT2D eigenvalue weighted by Gasteiger charge is -1.86. The number of hydrogen-bond acceptors (Lipinski definition) is 2. The third-order valence-electron chi connectivity index (χ3n) is 1.50. The molecular weight excluding hydrogens is 172 g/mol. The van der Waals surface area contributed by atoms with E-state index in [1.54, 1.807) is 11.3 Å². The van der Waals surface area contributed by atoms with Crippen LogP contribution in [0.5, 0.6) is 0 Å². The van der Waals surface area contributed by atoms with Gasteiger partial charge in [-0.15, -0.1) is 22.7 Å². The van der Waals surface area contributed by atoms with Crippen LogP contribution in [0.25, 0.3) is 9.75 Å². The highest BCUT2D eigenvalue weighted by molar-refractivity contribution is 7.21. The van der Waals surface area contributed by atoms with Crippen LogP contribution in [0.4, 0.5) is 0 Å². The molecule has 0 fully saturated rings. The van der Waals surface area contributed by atoms with E-state index in [9.17, 15) is 0 Å². The predicted octanol–water partition coefficient (Wildman–Crippen LogP) is 3.79. The van der Waals surface area contributed by atoms with Crippen LogP contribution in [0.15, 0.2) is 29.6 Å². The van der Waals surface area contributed by atoms with Crippen LogP contribution in [0.1, 0.15) is 4.88 Å². The van der Waals surface area contributed by atoms with Crippen LogP contribution in [0.2, 0.25) is 0 Å². The monoisotopic (exact) mass is 180 g/mol. The fourth-order valence-electron chi connectivity index (χ4n) is 0.986. The molecule has 0 unspecified atom stereocenters. The van der Waals surface area contributed by atoms with Gasteiger partial charge in [0.15, 0.2) is 0 Å². The van der Waals surface area contributed by atoms with E-state index < -0.39 is 0 Å². The van der Waals surface area contributed by atoms with E-state index in [2.05, 4.69) is 36.6 Å². The highest BCUT2D eigenvalue weighted by Crippen LogP contribution is 2.30. The first-order chi connectivity index (χ1) is 5.36. The third kappa shape index (κ3) is 1.37. The fraction of sp³-hybridized carbons (Fsp3) is 0.111. The minimum atomic E-state index is 1.38. The molecule has 0 saturated carbocycles. The molecule has 0 aliphatic carbocycles. The molecule has 0 aliphatic rings. The Labute approximate surface area is 74.1 Å². The molecule has 0 bridgehead atoms. The van der Waals surface area contributed by atoms with Crippen LogP contribution in [-0.4, -0.2) is 0 Å². The number of rotatable bonds is 1. The fourth-order valence-corrected chi connectivity index (χ4v) is 2.69. The van der Waals surface area contributed by atoms with Gasteiger partial charge in [0, 0.05) is 14.6 Å². The van der Waals surface area contributed by atoms with Crippen molar-refractivity contribution in [3.8, 4) is 9.75 Å². The molecule has 2 heteroatoms. The smallest absolute Gasteiger partial charge is 0.0445 e. The average molecular weight is 180 g/mol. The number of hydrogen-bond donors (Lipinski definition) is 0. The van der Waals surface area contributed by atoms with Gasteiger partial charge in [0.05, 0.1) is 0 Å². The summed E-state index contributed by atoms with van der Waals surface area (Å²) in [4.78, 5) is 4.15. The summed E-state index contributed by atoms with van der Waals surface area (Å²) in [5.41, 5.74) is 0. The molecule has 2 aromatic rings. The summed E-state index contributed by atoms with van der Waals surface area (Å²) in [6.45, 7) is 2.14. The summed E-state index contributed by atoms with van der Waals surface area (Å²) in [5, 5.41) is 2.12. The summed E-state index contributed by atoms with van der Waals surface area (Å²) in [7, 11) is 0. The Morgan fingerprint density at radius 2 is 2.00 bits per heavy atom. The quantitative estimate of drug-likeness (QED) is 0.626. The molecule has 56 valence electrons. The Morgan fingerprint density at radius 3 is 2.55 bits per heavy atom.